The Hall–Kier alpha value is -2.16. The van der Waals surface area contributed by atoms with E-state index in [1.54, 1.807) is 6.07 Å². The number of rotatable bonds is 8. The van der Waals surface area contributed by atoms with Gasteiger partial charge in [-0.15, -0.1) is 0 Å². The molecule has 6 rings (SSSR count). The Labute approximate surface area is 222 Å². The van der Waals surface area contributed by atoms with Crippen molar-refractivity contribution >= 4 is 27.5 Å². The van der Waals surface area contributed by atoms with Crippen LogP contribution in [0, 0.1) is 12.7 Å². The van der Waals surface area contributed by atoms with Crippen LogP contribution in [0.2, 0.25) is 5.02 Å². The van der Waals surface area contributed by atoms with Gasteiger partial charge in [-0.05, 0) is 111 Å². The minimum Gasteiger partial charge on any atom is -0.490 e. The van der Waals surface area contributed by atoms with Gasteiger partial charge in [0.15, 0.2) is 0 Å². The molecule has 2 saturated carbocycles. The number of sulfonamides is 1. The number of carbonyl (C=O) groups is 1. The lowest BCUT2D eigenvalue weighted by atomic mass is 9.95. The van der Waals surface area contributed by atoms with Crippen LogP contribution in [0.5, 0.6) is 5.75 Å². The summed E-state index contributed by atoms with van der Waals surface area (Å²) in [5, 5.41) is 0.138. The second-order valence-corrected chi connectivity index (χ2v) is 13.6. The van der Waals surface area contributed by atoms with Crippen molar-refractivity contribution in [2.24, 2.45) is 0 Å². The van der Waals surface area contributed by atoms with Crippen molar-refractivity contribution in [3.63, 3.8) is 0 Å². The van der Waals surface area contributed by atoms with E-state index in [4.69, 9.17) is 16.3 Å². The number of nitrogens with one attached hydrogen (secondary N) is 1. The standard InChI is InChI=1S/C28H32ClFN2O4S/c1-16-8-19(29)11-22(9-16)36-23-12-20-4-5-21(13-23)32(20)15-18-10-27(30)26(14-25(18)17-2-3-17)28(33)31-37(34,35)24-6-7-24/h8-11,14,17,20-21,23-24H,2-7,12-13,15H2,1H3,(H,31,33)/t20-,21+,23?. The van der Waals surface area contributed by atoms with Crippen LogP contribution < -0.4 is 9.46 Å². The van der Waals surface area contributed by atoms with Gasteiger partial charge in [0.05, 0.1) is 10.8 Å². The molecule has 2 saturated heterocycles. The lowest BCUT2D eigenvalue weighted by molar-refractivity contribution is 0.0443. The van der Waals surface area contributed by atoms with Gasteiger partial charge in [-0.25, -0.2) is 17.5 Å². The van der Waals surface area contributed by atoms with Crippen molar-refractivity contribution in [2.75, 3.05) is 0 Å². The number of nitrogens with zero attached hydrogens (tertiary/aromatic N) is 1. The summed E-state index contributed by atoms with van der Waals surface area (Å²) in [7, 11) is -3.73. The average molecular weight is 547 g/mol. The fraction of sp³-hybridized carbons (Fsp3) is 0.536. The SMILES string of the molecule is Cc1cc(Cl)cc(OC2C[C@H]3CC[C@@H](C2)N3Cc2cc(F)c(C(=O)NS(=O)(=O)C3CC3)cc2C2CC2)c1. The van der Waals surface area contributed by atoms with Gasteiger partial charge in [-0.2, -0.15) is 0 Å². The molecule has 0 aromatic heterocycles. The maximum Gasteiger partial charge on any atom is 0.267 e. The molecule has 37 heavy (non-hydrogen) atoms. The van der Waals surface area contributed by atoms with E-state index in [2.05, 4.69) is 9.62 Å². The molecular weight excluding hydrogens is 515 g/mol. The number of piperidine rings is 1. The molecule has 2 aliphatic heterocycles. The minimum absolute atomic E-state index is 0.116. The second-order valence-electron chi connectivity index (χ2n) is 11.2. The summed E-state index contributed by atoms with van der Waals surface area (Å²) in [5.74, 6) is -0.429. The number of ether oxygens (including phenoxy) is 1. The molecule has 2 aliphatic carbocycles. The lowest BCUT2D eigenvalue weighted by Gasteiger charge is -2.39. The highest BCUT2D eigenvalue weighted by Gasteiger charge is 2.42. The third kappa shape index (κ3) is 5.38. The maximum absolute atomic E-state index is 15.2. The first-order valence-electron chi connectivity index (χ1n) is 13.2. The Bertz CT molecular complexity index is 1310. The van der Waals surface area contributed by atoms with Crippen LogP contribution in [0.15, 0.2) is 30.3 Å². The molecule has 1 unspecified atom stereocenters. The molecule has 0 spiro atoms. The Balaban J connectivity index is 1.18. The highest BCUT2D eigenvalue weighted by Crippen LogP contribution is 2.45. The molecule has 1 N–H and O–H groups in total. The van der Waals surface area contributed by atoms with Gasteiger partial charge in [0, 0.05) is 23.7 Å². The molecule has 0 radical (unpaired) electrons. The summed E-state index contributed by atoms with van der Waals surface area (Å²) in [6.07, 6.45) is 7.18. The van der Waals surface area contributed by atoms with Gasteiger partial charge in [0.25, 0.3) is 5.91 Å². The zero-order chi connectivity index (χ0) is 25.9. The highest BCUT2D eigenvalue weighted by atomic mass is 35.5. The Kier molecular flexibility index (Phi) is 6.48. The highest BCUT2D eigenvalue weighted by molar-refractivity contribution is 7.91. The topological polar surface area (TPSA) is 75.7 Å². The number of hydrogen-bond acceptors (Lipinski definition) is 5. The summed E-state index contributed by atoms with van der Waals surface area (Å²) < 4.78 is 48.0. The smallest absolute Gasteiger partial charge is 0.267 e. The van der Waals surface area contributed by atoms with E-state index in [1.807, 2.05) is 25.1 Å². The number of halogens is 2. The Morgan fingerprint density at radius 3 is 2.38 bits per heavy atom. The van der Waals surface area contributed by atoms with Crippen LogP contribution in [0.4, 0.5) is 4.39 Å². The van der Waals surface area contributed by atoms with Crippen molar-refractivity contribution in [1.29, 1.82) is 0 Å². The first kappa shape index (κ1) is 25.1. The number of fused-ring (bicyclic) bond motifs is 2. The van der Waals surface area contributed by atoms with Crippen molar-refractivity contribution in [2.45, 2.75) is 94.2 Å². The zero-order valence-corrected chi connectivity index (χ0v) is 22.5. The molecule has 2 heterocycles. The third-order valence-corrected chi connectivity index (χ3v) is 10.2. The lowest BCUT2D eigenvalue weighted by Crippen LogP contribution is -2.45. The summed E-state index contributed by atoms with van der Waals surface area (Å²) in [4.78, 5) is 15.2. The molecule has 4 aliphatic rings. The molecule has 1 amide bonds. The van der Waals surface area contributed by atoms with E-state index in [0.29, 0.717) is 42.4 Å². The fourth-order valence-corrected chi connectivity index (χ4v) is 7.67. The van der Waals surface area contributed by atoms with Crippen LogP contribution in [0.1, 0.15) is 84.3 Å². The van der Waals surface area contributed by atoms with E-state index >= 15 is 4.39 Å². The van der Waals surface area contributed by atoms with Gasteiger partial charge in [0.1, 0.15) is 17.7 Å². The van der Waals surface area contributed by atoms with E-state index < -0.39 is 27.0 Å². The van der Waals surface area contributed by atoms with Crippen molar-refractivity contribution in [3.05, 3.63) is 63.4 Å². The molecule has 6 nitrogen and oxygen atoms in total. The van der Waals surface area contributed by atoms with Crippen LogP contribution in [0.25, 0.3) is 0 Å². The molecule has 2 aromatic rings. The third-order valence-electron chi connectivity index (χ3n) is 8.20. The predicted octanol–water partition coefficient (Wildman–Crippen LogP) is 5.46. The van der Waals surface area contributed by atoms with Crippen molar-refractivity contribution in [3.8, 4) is 5.75 Å². The monoisotopic (exact) mass is 546 g/mol. The number of carbonyl (C=O) groups excluding carboxylic acids is 1. The Morgan fingerprint density at radius 2 is 1.76 bits per heavy atom. The van der Waals surface area contributed by atoms with Gasteiger partial charge in [-0.1, -0.05) is 11.6 Å². The van der Waals surface area contributed by atoms with Crippen molar-refractivity contribution < 1.29 is 22.3 Å². The van der Waals surface area contributed by atoms with Crippen LogP contribution in [-0.4, -0.2) is 42.7 Å². The first-order chi connectivity index (χ1) is 17.7. The van der Waals surface area contributed by atoms with Crippen molar-refractivity contribution in [1.82, 2.24) is 9.62 Å². The quantitative estimate of drug-likeness (QED) is 0.476. The van der Waals surface area contributed by atoms with Gasteiger partial charge < -0.3 is 4.74 Å². The average Bonchev–Trinajstić information content (AvgIpc) is 3.71. The molecule has 4 fully saturated rings. The van der Waals surface area contributed by atoms with E-state index in [-0.39, 0.29) is 11.7 Å². The first-order valence-corrected chi connectivity index (χ1v) is 15.2. The normalized spacial score (nSPS) is 25.8. The van der Waals surface area contributed by atoms with E-state index in [9.17, 15) is 13.2 Å². The fourth-order valence-electron chi connectivity index (χ4n) is 6.10. The number of hydrogen-bond donors (Lipinski definition) is 1. The number of amides is 1. The van der Waals surface area contributed by atoms with Gasteiger partial charge >= 0.3 is 0 Å². The summed E-state index contributed by atoms with van der Waals surface area (Å²) >= 11 is 6.21. The van der Waals surface area contributed by atoms with Gasteiger partial charge in [-0.3, -0.25) is 9.69 Å². The van der Waals surface area contributed by atoms with E-state index in [0.717, 1.165) is 61.0 Å². The van der Waals surface area contributed by atoms with Crippen LogP contribution >= 0.6 is 11.6 Å². The molecule has 9 heteroatoms. The predicted molar refractivity (Wildman–Crippen MR) is 140 cm³/mol. The number of benzene rings is 2. The summed E-state index contributed by atoms with van der Waals surface area (Å²) in [5.41, 5.74) is 2.77. The maximum atomic E-state index is 15.2. The molecule has 198 valence electrons. The molecule has 2 aromatic carbocycles. The largest absolute Gasteiger partial charge is 0.490 e. The van der Waals surface area contributed by atoms with E-state index in [1.165, 1.54) is 6.07 Å². The molecular formula is C28H32ClFN2O4S. The molecule has 3 atom stereocenters. The van der Waals surface area contributed by atoms with Crippen LogP contribution in [-0.2, 0) is 16.6 Å². The minimum atomic E-state index is -3.73. The number of aryl methyl sites for hydroxylation is 1. The van der Waals surface area contributed by atoms with Gasteiger partial charge in [0.2, 0.25) is 10.0 Å². The summed E-state index contributed by atoms with van der Waals surface area (Å²) in [6, 6.07) is 9.55. The second kappa shape index (κ2) is 9.54. The Morgan fingerprint density at radius 1 is 1.05 bits per heavy atom. The van der Waals surface area contributed by atoms with Crippen LogP contribution in [0.3, 0.4) is 0 Å². The summed E-state index contributed by atoms with van der Waals surface area (Å²) in [6.45, 7) is 2.63. The zero-order valence-electron chi connectivity index (χ0n) is 20.9. The molecule has 2 bridgehead atoms.